The van der Waals surface area contributed by atoms with Crippen molar-refractivity contribution in [2.24, 2.45) is 0 Å². The summed E-state index contributed by atoms with van der Waals surface area (Å²) in [5, 5.41) is 10.9. The Morgan fingerprint density at radius 3 is 3.00 bits per heavy atom. The van der Waals surface area contributed by atoms with Gasteiger partial charge in [0.25, 0.3) is 0 Å². The van der Waals surface area contributed by atoms with Gasteiger partial charge in [0.05, 0.1) is 22.8 Å². The van der Waals surface area contributed by atoms with Crippen LogP contribution >= 0.6 is 23.2 Å². The molecule has 0 unspecified atom stereocenters. The van der Waals surface area contributed by atoms with E-state index < -0.39 is 0 Å². The second-order valence-electron chi connectivity index (χ2n) is 5.85. The zero-order valence-corrected chi connectivity index (χ0v) is 14.8. The van der Waals surface area contributed by atoms with Gasteiger partial charge in [0.1, 0.15) is 17.3 Å². The van der Waals surface area contributed by atoms with Crippen molar-refractivity contribution in [2.45, 2.75) is 38.6 Å². The van der Waals surface area contributed by atoms with Crippen molar-refractivity contribution < 1.29 is 14.6 Å². The van der Waals surface area contributed by atoms with E-state index in [4.69, 9.17) is 27.9 Å². The first-order chi connectivity index (χ1) is 11.5. The molecule has 0 spiro atoms. The Morgan fingerprint density at radius 1 is 1.46 bits per heavy atom. The molecule has 0 fully saturated rings. The molecule has 2 aromatic rings. The van der Waals surface area contributed by atoms with Crippen LogP contribution in [-0.4, -0.2) is 27.2 Å². The number of aromatic hydroxyl groups is 1. The van der Waals surface area contributed by atoms with Crippen LogP contribution in [-0.2, 0) is 17.7 Å². The van der Waals surface area contributed by atoms with Crippen LogP contribution in [0.2, 0.25) is 10.0 Å². The predicted octanol–water partition coefficient (Wildman–Crippen LogP) is 4.19. The summed E-state index contributed by atoms with van der Waals surface area (Å²) in [7, 11) is 0. The summed E-state index contributed by atoms with van der Waals surface area (Å²) in [6.45, 7) is 2.94. The molecular formula is C17H18Cl2N2O3. The first-order valence-corrected chi connectivity index (χ1v) is 8.66. The van der Waals surface area contributed by atoms with Gasteiger partial charge >= 0.3 is 5.97 Å². The first-order valence-electron chi connectivity index (χ1n) is 7.91. The number of fused-ring (bicyclic) bond motifs is 1. The zero-order valence-electron chi connectivity index (χ0n) is 13.3. The molecule has 0 saturated carbocycles. The maximum absolute atomic E-state index is 12.2. The van der Waals surface area contributed by atoms with Gasteiger partial charge in [-0.15, -0.1) is 0 Å². The van der Waals surface area contributed by atoms with Crippen molar-refractivity contribution in [1.29, 1.82) is 0 Å². The molecule has 2 heterocycles. The molecule has 0 radical (unpaired) electrons. The minimum atomic E-state index is -0.371. The van der Waals surface area contributed by atoms with E-state index in [0.29, 0.717) is 40.9 Å². The van der Waals surface area contributed by atoms with Crippen LogP contribution in [0.4, 0.5) is 0 Å². The van der Waals surface area contributed by atoms with Gasteiger partial charge in [0.15, 0.2) is 0 Å². The molecule has 3 rings (SSSR count). The molecule has 5 nitrogen and oxygen atoms in total. The maximum atomic E-state index is 12.2. The number of carbonyl (C=O) groups excluding carboxylic acids is 1. The fraction of sp³-hybridized carbons (Fsp3) is 0.412. The van der Waals surface area contributed by atoms with Crippen LogP contribution in [0, 0.1) is 0 Å². The van der Waals surface area contributed by atoms with Crippen LogP contribution < -0.4 is 0 Å². The molecule has 0 saturated heterocycles. The number of rotatable bonds is 5. The van der Waals surface area contributed by atoms with E-state index >= 15 is 0 Å². The van der Waals surface area contributed by atoms with Gasteiger partial charge in [0.2, 0.25) is 0 Å². The third-order valence-electron chi connectivity index (χ3n) is 4.23. The van der Waals surface area contributed by atoms with E-state index in [1.807, 2.05) is 11.5 Å². The summed E-state index contributed by atoms with van der Waals surface area (Å²) in [6, 6.07) is 3.09. The van der Waals surface area contributed by atoms with E-state index in [-0.39, 0.29) is 17.6 Å². The number of esters is 1. The SMILES string of the molecule is CCCCOC(=O)c1cnc2n1C[C@H](c1c(O)ccc(Cl)c1Cl)C2. The van der Waals surface area contributed by atoms with E-state index in [2.05, 4.69) is 4.98 Å². The summed E-state index contributed by atoms with van der Waals surface area (Å²) in [5.41, 5.74) is 1.03. The molecule has 0 aliphatic carbocycles. The molecule has 1 aliphatic heterocycles. The van der Waals surface area contributed by atoms with Crippen LogP contribution in [0.15, 0.2) is 18.3 Å². The highest BCUT2D eigenvalue weighted by Crippen LogP contribution is 2.42. The summed E-state index contributed by atoms with van der Waals surface area (Å²) >= 11 is 12.3. The number of hydrogen-bond donors (Lipinski definition) is 1. The van der Waals surface area contributed by atoms with Gasteiger partial charge in [-0.05, 0) is 18.6 Å². The number of imidazole rings is 1. The lowest BCUT2D eigenvalue weighted by Crippen LogP contribution is -2.13. The molecule has 1 N–H and O–H groups in total. The Morgan fingerprint density at radius 2 is 2.25 bits per heavy atom. The minimum absolute atomic E-state index is 0.0814. The van der Waals surface area contributed by atoms with Gasteiger partial charge in [-0.3, -0.25) is 0 Å². The quantitative estimate of drug-likeness (QED) is 0.634. The summed E-state index contributed by atoms with van der Waals surface area (Å²) in [6.07, 6.45) is 3.92. The molecule has 1 aliphatic rings. The lowest BCUT2D eigenvalue weighted by molar-refractivity contribution is 0.0487. The highest BCUT2D eigenvalue weighted by Gasteiger charge is 2.32. The van der Waals surface area contributed by atoms with Crippen molar-refractivity contribution in [3.05, 3.63) is 45.5 Å². The molecular weight excluding hydrogens is 351 g/mol. The molecule has 24 heavy (non-hydrogen) atoms. The molecule has 1 aromatic heterocycles. The van der Waals surface area contributed by atoms with Crippen molar-refractivity contribution >= 4 is 29.2 Å². The predicted molar refractivity (Wildman–Crippen MR) is 92.0 cm³/mol. The second-order valence-corrected chi connectivity index (χ2v) is 6.64. The van der Waals surface area contributed by atoms with Gasteiger partial charge in [-0.25, -0.2) is 9.78 Å². The lowest BCUT2D eigenvalue weighted by Gasteiger charge is -2.15. The molecule has 1 aromatic carbocycles. The average Bonchev–Trinajstić information content (AvgIpc) is 3.12. The van der Waals surface area contributed by atoms with Gasteiger partial charge < -0.3 is 14.4 Å². The van der Waals surface area contributed by atoms with Crippen molar-refractivity contribution in [3.8, 4) is 5.75 Å². The van der Waals surface area contributed by atoms with Crippen LogP contribution in [0.25, 0.3) is 0 Å². The lowest BCUT2D eigenvalue weighted by atomic mass is 9.96. The highest BCUT2D eigenvalue weighted by atomic mass is 35.5. The third-order valence-corrected chi connectivity index (χ3v) is 5.05. The van der Waals surface area contributed by atoms with Crippen molar-refractivity contribution in [1.82, 2.24) is 9.55 Å². The Balaban J connectivity index is 1.81. The Kier molecular flexibility index (Phi) is 5.01. The standard InChI is InChI=1S/C17H18Cl2N2O3/c1-2-3-6-24-17(23)12-8-20-14-7-10(9-21(12)14)15-13(22)5-4-11(18)16(15)19/h4-5,8,10,22H,2-3,6-7,9H2,1H3/t10-/m1/s1. The number of aromatic nitrogens is 2. The van der Waals surface area contributed by atoms with E-state index in [1.54, 1.807) is 12.3 Å². The zero-order chi connectivity index (χ0) is 17.3. The molecule has 128 valence electrons. The number of unbranched alkanes of at least 4 members (excludes halogenated alkanes) is 1. The number of phenols is 1. The number of ether oxygens (including phenoxy) is 1. The average molecular weight is 369 g/mol. The summed E-state index contributed by atoms with van der Waals surface area (Å²) < 4.78 is 7.09. The van der Waals surface area contributed by atoms with Gasteiger partial charge in [0, 0.05) is 24.4 Å². The number of hydrogen-bond acceptors (Lipinski definition) is 4. The Labute approximate surface area is 150 Å². The fourth-order valence-corrected chi connectivity index (χ4v) is 3.45. The number of carbonyl (C=O) groups is 1. The van der Waals surface area contributed by atoms with Gasteiger partial charge in [-0.2, -0.15) is 0 Å². The van der Waals surface area contributed by atoms with Gasteiger partial charge in [-0.1, -0.05) is 36.5 Å². The first kappa shape index (κ1) is 17.1. The Hall–Kier alpha value is -1.72. The number of halogens is 2. The highest BCUT2D eigenvalue weighted by molar-refractivity contribution is 6.42. The second kappa shape index (κ2) is 7.03. The molecule has 0 amide bonds. The van der Waals surface area contributed by atoms with Crippen LogP contribution in [0.3, 0.4) is 0 Å². The van der Waals surface area contributed by atoms with Crippen LogP contribution in [0.1, 0.15) is 47.6 Å². The normalized spacial score (nSPS) is 16.2. The summed E-state index contributed by atoms with van der Waals surface area (Å²) in [5.74, 6) is 0.427. The molecule has 1 atom stereocenters. The fourth-order valence-electron chi connectivity index (χ4n) is 2.97. The largest absolute Gasteiger partial charge is 0.508 e. The van der Waals surface area contributed by atoms with E-state index in [1.165, 1.54) is 6.07 Å². The van der Waals surface area contributed by atoms with E-state index in [0.717, 1.165) is 18.7 Å². The van der Waals surface area contributed by atoms with Crippen molar-refractivity contribution in [3.63, 3.8) is 0 Å². The Bertz CT molecular complexity index is 773. The number of nitrogens with zero attached hydrogens (tertiary/aromatic N) is 2. The third kappa shape index (κ3) is 3.10. The van der Waals surface area contributed by atoms with Crippen molar-refractivity contribution in [2.75, 3.05) is 6.61 Å². The van der Waals surface area contributed by atoms with Crippen LogP contribution in [0.5, 0.6) is 5.75 Å². The number of phenolic OH excluding ortho intramolecular Hbond substituents is 1. The smallest absolute Gasteiger partial charge is 0.356 e. The number of benzene rings is 1. The molecule has 0 bridgehead atoms. The minimum Gasteiger partial charge on any atom is -0.508 e. The van der Waals surface area contributed by atoms with E-state index in [9.17, 15) is 9.90 Å². The molecule has 7 heteroatoms. The maximum Gasteiger partial charge on any atom is 0.356 e. The monoisotopic (exact) mass is 368 g/mol. The topological polar surface area (TPSA) is 64.3 Å². The summed E-state index contributed by atoms with van der Waals surface area (Å²) in [4.78, 5) is 16.5.